The van der Waals surface area contributed by atoms with Crippen LogP contribution in [0.15, 0.2) is 49.1 Å². The summed E-state index contributed by atoms with van der Waals surface area (Å²) in [6.45, 7) is 4.04. The second kappa shape index (κ2) is 13.9. The Kier molecular flexibility index (Phi) is 12.3. The number of aliphatic carboxylic acids is 2. The maximum absolute atomic E-state index is 9.90. The normalized spacial score (nSPS) is 8.92. The Labute approximate surface area is 142 Å². The minimum atomic E-state index is -0.870. The molecule has 0 aliphatic carbocycles. The van der Waals surface area contributed by atoms with Gasteiger partial charge in [0.1, 0.15) is 0 Å². The van der Waals surface area contributed by atoms with Crippen LogP contribution in [-0.2, 0) is 9.59 Å². The van der Waals surface area contributed by atoms with E-state index in [1.807, 2.05) is 50.5 Å². The summed E-state index contributed by atoms with van der Waals surface area (Å²) in [5, 5.41) is 16.3. The standard InChI is InChI=1S/2C6H7N.C6H10O4/c2*1-6-3-2-4-7-5-6;7-5(8)3-1-2-4-6(9)10/h2*2-5H,1H3;1-4H2,(H,7,8)(H,9,10). The minimum absolute atomic E-state index is 0.0628. The van der Waals surface area contributed by atoms with E-state index in [0.29, 0.717) is 12.8 Å². The van der Waals surface area contributed by atoms with Crippen LogP contribution in [0.25, 0.3) is 0 Å². The molecule has 0 saturated heterocycles. The van der Waals surface area contributed by atoms with Crippen LogP contribution in [0.5, 0.6) is 0 Å². The van der Waals surface area contributed by atoms with E-state index in [-0.39, 0.29) is 12.8 Å². The Morgan fingerprint density at radius 3 is 1.38 bits per heavy atom. The average molecular weight is 332 g/mol. The van der Waals surface area contributed by atoms with Gasteiger partial charge in [0.05, 0.1) is 0 Å². The predicted octanol–water partition coefficient (Wildman–Crippen LogP) is 3.50. The molecule has 0 spiro atoms. The predicted molar refractivity (Wildman–Crippen MR) is 91.7 cm³/mol. The van der Waals surface area contributed by atoms with Crippen LogP contribution >= 0.6 is 0 Å². The molecule has 0 radical (unpaired) electrons. The number of nitrogens with zero attached hydrogens (tertiary/aromatic N) is 2. The van der Waals surface area contributed by atoms with Crippen LogP contribution < -0.4 is 0 Å². The Morgan fingerprint density at radius 2 is 1.21 bits per heavy atom. The molecule has 2 N–H and O–H groups in total. The van der Waals surface area contributed by atoms with Crippen LogP contribution in [-0.4, -0.2) is 32.1 Å². The number of carboxylic acid groups (broad SMARTS) is 2. The highest BCUT2D eigenvalue weighted by Gasteiger charge is 1.99. The zero-order valence-electron chi connectivity index (χ0n) is 14.1. The van der Waals surface area contributed by atoms with E-state index >= 15 is 0 Å². The number of hydrogen-bond donors (Lipinski definition) is 2. The zero-order valence-corrected chi connectivity index (χ0v) is 14.1. The number of rotatable bonds is 5. The summed E-state index contributed by atoms with van der Waals surface area (Å²) in [7, 11) is 0. The van der Waals surface area contributed by atoms with Crippen LogP contribution in [0, 0.1) is 13.8 Å². The molecular weight excluding hydrogens is 308 g/mol. The summed E-state index contributed by atoms with van der Waals surface area (Å²) in [5.74, 6) is -1.74. The molecule has 0 atom stereocenters. The number of aryl methyl sites for hydroxylation is 2. The first kappa shape index (κ1) is 21.2. The third-order valence-electron chi connectivity index (χ3n) is 2.65. The summed E-state index contributed by atoms with van der Waals surface area (Å²) in [4.78, 5) is 27.6. The smallest absolute Gasteiger partial charge is 0.303 e. The van der Waals surface area contributed by atoms with Crippen molar-refractivity contribution in [3.05, 3.63) is 60.2 Å². The van der Waals surface area contributed by atoms with E-state index in [2.05, 4.69) is 9.97 Å². The maximum Gasteiger partial charge on any atom is 0.303 e. The van der Waals surface area contributed by atoms with Gasteiger partial charge in [0, 0.05) is 37.6 Å². The highest BCUT2D eigenvalue weighted by atomic mass is 16.4. The van der Waals surface area contributed by atoms with Gasteiger partial charge in [-0.25, -0.2) is 0 Å². The molecule has 2 aromatic heterocycles. The summed E-state index contributed by atoms with van der Waals surface area (Å²) in [5.41, 5.74) is 2.42. The fourth-order valence-corrected chi connectivity index (χ4v) is 1.45. The third-order valence-corrected chi connectivity index (χ3v) is 2.65. The van der Waals surface area contributed by atoms with Crippen molar-refractivity contribution in [3.63, 3.8) is 0 Å². The number of carbonyl (C=O) groups is 2. The van der Waals surface area contributed by atoms with Gasteiger partial charge in [-0.05, 0) is 49.9 Å². The molecule has 2 heterocycles. The molecule has 0 aromatic carbocycles. The molecule has 24 heavy (non-hydrogen) atoms. The molecule has 6 nitrogen and oxygen atoms in total. The van der Waals surface area contributed by atoms with Gasteiger partial charge in [-0.15, -0.1) is 0 Å². The fraction of sp³-hybridized carbons (Fsp3) is 0.333. The Morgan fingerprint density at radius 1 is 0.833 bits per heavy atom. The summed E-state index contributed by atoms with van der Waals surface area (Å²) >= 11 is 0. The molecule has 130 valence electrons. The number of unbranched alkanes of at least 4 members (excludes halogenated alkanes) is 1. The van der Waals surface area contributed by atoms with E-state index in [4.69, 9.17) is 10.2 Å². The second-order valence-corrected chi connectivity index (χ2v) is 5.06. The number of pyridine rings is 2. The van der Waals surface area contributed by atoms with Crippen molar-refractivity contribution in [2.24, 2.45) is 0 Å². The number of hydrogen-bond acceptors (Lipinski definition) is 4. The molecule has 0 unspecified atom stereocenters. The van der Waals surface area contributed by atoms with Gasteiger partial charge in [0.2, 0.25) is 0 Å². The van der Waals surface area contributed by atoms with Crippen molar-refractivity contribution in [2.45, 2.75) is 39.5 Å². The van der Waals surface area contributed by atoms with Crippen molar-refractivity contribution >= 4 is 11.9 Å². The topological polar surface area (TPSA) is 100 Å². The number of carboxylic acids is 2. The third kappa shape index (κ3) is 15.6. The lowest BCUT2D eigenvalue weighted by molar-refractivity contribution is -0.139. The van der Waals surface area contributed by atoms with Crippen molar-refractivity contribution in [1.82, 2.24) is 9.97 Å². The van der Waals surface area contributed by atoms with Gasteiger partial charge < -0.3 is 10.2 Å². The Hall–Kier alpha value is -2.76. The quantitative estimate of drug-likeness (QED) is 0.813. The second-order valence-electron chi connectivity index (χ2n) is 5.06. The van der Waals surface area contributed by atoms with Crippen LogP contribution in [0.2, 0.25) is 0 Å². The fourth-order valence-electron chi connectivity index (χ4n) is 1.45. The van der Waals surface area contributed by atoms with Gasteiger partial charge in [-0.1, -0.05) is 12.1 Å². The maximum atomic E-state index is 9.90. The lowest BCUT2D eigenvalue weighted by Gasteiger charge is -1.92. The van der Waals surface area contributed by atoms with E-state index in [1.54, 1.807) is 12.4 Å². The highest BCUT2D eigenvalue weighted by molar-refractivity contribution is 5.67. The number of aromatic nitrogens is 2. The van der Waals surface area contributed by atoms with E-state index in [9.17, 15) is 9.59 Å². The molecule has 0 amide bonds. The van der Waals surface area contributed by atoms with E-state index in [1.165, 1.54) is 11.1 Å². The van der Waals surface area contributed by atoms with Crippen molar-refractivity contribution in [2.75, 3.05) is 0 Å². The zero-order chi connectivity index (χ0) is 18.2. The van der Waals surface area contributed by atoms with E-state index in [0.717, 1.165) is 0 Å². The Balaban J connectivity index is 0.000000337. The van der Waals surface area contributed by atoms with Gasteiger partial charge in [-0.3, -0.25) is 19.6 Å². The summed E-state index contributed by atoms with van der Waals surface area (Å²) < 4.78 is 0. The summed E-state index contributed by atoms with van der Waals surface area (Å²) in [6, 6.07) is 7.89. The highest BCUT2D eigenvalue weighted by Crippen LogP contribution is 1.98. The lowest BCUT2D eigenvalue weighted by atomic mass is 10.2. The lowest BCUT2D eigenvalue weighted by Crippen LogP contribution is -1.97. The largest absolute Gasteiger partial charge is 0.481 e. The Bertz CT molecular complexity index is 521. The molecule has 2 rings (SSSR count). The monoisotopic (exact) mass is 332 g/mol. The molecule has 2 aromatic rings. The van der Waals surface area contributed by atoms with Crippen molar-refractivity contribution < 1.29 is 19.8 Å². The molecule has 0 fully saturated rings. The van der Waals surface area contributed by atoms with Crippen molar-refractivity contribution in [1.29, 1.82) is 0 Å². The van der Waals surface area contributed by atoms with Crippen molar-refractivity contribution in [3.8, 4) is 0 Å². The molecule has 6 heteroatoms. The molecule has 0 bridgehead atoms. The minimum Gasteiger partial charge on any atom is -0.481 e. The van der Waals surface area contributed by atoms with Gasteiger partial charge in [0.15, 0.2) is 0 Å². The van der Waals surface area contributed by atoms with Gasteiger partial charge >= 0.3 is 11.9 Å². The average Bonchev–Trinajstić information content (AvgIpc) is 2.54. The first-order valence-electron chi connectivity index (χ1n) is 7.58. The molecule has 0 aliphatic heterocycles. The summed E-state index contributed by atoms with van der Waals surface area (Å²) in [6.07, 6.45) is 8.23. The van der Waals surface area contributed by atoms with Crippen LogP contribution in [0.1, 0.15) is 36.8 Å². The van der Waals surface area contributed by atoms with Crippen LogP contribution in [0.4, 0.5) is 0 Å². The van der Waals surface area contributed by atoms with Gasteiger partial charge in [0.25, 0.3) is 0 Å². The van der Waals surface area contributed by atoms with E-state index < -0.39 is 11.9 Å². The molecular formula is C18H24N2O4. The first-order valence-corrected chi connectivity index (χ1v) is 7.58. The molecule has 0 saturated carbocycles. The SMILES string of the molecule is Cc1cccnc1.Cc1cccnc1.O=C(O)CCCCC(=O)O. The molecule has 0 aliphatic rings. The first-order chi connectivity index (χ1) is 11.4. The van der Waals surface area contributed by atoms with Gasteiger partial charge in [-0.2, -0.15) is 0 Å². The van der Waals surface area contributed by atoms with Crippen LogP contribution in [0.3, 0.4) is 0 Å².